The van der Waals surface area contributed by atoms with Crippen LogP contribution < -0.4 is 5.32 Å². The molecule has 1 fully saturated rings. The maximum absolute atomic E-state index is 11.6. The Kier molecular flexibility index (Phi) is 6.97. The second kappa shape index (κ2) is 10.3. The first-order valence-electron chi connectivity index (χ1n) is 11.5. The molecule has 1 aliphatic heterocycles. The number of aliphatic hydroxyl groups excluding tert-OH is 1. The Bertz CT molecular complexity index is 1310. The Balaban J connectivity index is 1.66. The van der Waals surface area contributed by atoms with Crippen molar-refractivity contribution < 1.29 is 9.90 Å². The highest BCUT2D eigenvalue weighted by atomic mass is 35.5. The summed E-state index contributed by atoms with van der Waals surface area (Å²) in [7, 11) is 0. The largest absolute Gasteiger partial charge is 0.395 e. The minimum absolute atomic E-state index is 0.0753. The number of carbonyl (C=O) groups is 1. The number of imidazole rings is 1. The van der Waals surface area contributed by atoms with Crippen LogP contribution in [0.3, 0.4) is 0 Å². The van der Waals surface area contributed by atoms with Gasteiger partial charge in [0.15, 0.2) is 0 Å². The maximum Gasteiger partial charge on any atom is 0.222 e. The van der Waals surface area contributed by atoms with Crippen molar-refractivity contribution >= 4 is 34.7 Å². The van der Waals surface area contributed by atoms with Crippen molar-refractivity contribution in [3.05, 3.63) is 77.2 Å². The van der Waals surface area contributed by atoms with Gasteiger partial charge in [-0.2, -0.15) is 0 Å². The standard InChI is InChI=1S/C26H26ClN5O2S/c1-16(34)31-23-13-18(8-9-28-23)22-14-21(25(35-22)26-29-10-11-30-26)24(17-4-6-19(27)7-5-17)32-12-2-3-20(32)15-33/h4-11,13-14,20,24,33H,2-3,12,15H2,1H3,(H,29,30)(H,28,31,34)/t20-,24?/m0/s1. The van der Waals surface area contributed by atoms with Crippen molar-refractivity contribution in [1.29, 1.82) is 0 Å². The highest BCUT2D eigenvalue weighted by Crippen LogP contribution is 2.45. The predicted molar refractivity (Wildman–Crippen MR) is 140 cm³/mol. The number of halogens is 1. The lowest BCUT2D eigenvalue weighted by Gasteiger charge is -2.33. The predicted octanol–water partition coefficient (Wildman–Crippen LogP) is 5.36. The molecule has 9 heteroatoms. The molecule has 1 saturated heterocycles. The van der Waals surface area contributed by atoms with Gasteiger partial charge in [0.25, 0.3) is 0 Å². The molecule has 4 heterocycles. The van der Waals surface area contributed by atoms with Gasteiger partial charge in [0.2, 0.25) is 5.91 Å². The van der Waals surface area contributed by atoms with Gasteiger partial charge in [0, 0.05) is 41.5 Å². The second-order valence-electron chi connectivity index (χ2n) is 8.61. The third-order valence-electron chi connectivity index (χ3n) is 6.27. The van der Waals surface area contributed by atoms with Crippen LogP contribution in [0, 0.1) is 0 Å². The van der Waals surface area contributed by atoms with E-state index >= 15 is 0 Å². The van der Waals surface area contributed by atoms with E-state index in [0.717, 1.165) is 51.7 Å². The number of hydrogen-bond acceptors (Lipinski definition) is 6. The van der Waals surface area contributed by atoms with E-state index in [9.17, 15) is 9.90 Å². The lowest BCUT2D eigenvalue weighted by Crippen LogP contribution is -2.36. The molecule has 0 spiro atoms. The van der Waals surface area contributed by atoms with Crippen LogP contribution in [0.2, 0.25) is 5.02 Å². The number of pyridine rings is 1. The van der Waals surface area contributed by atoms with Crippen LogP contribution >= 0.6 is 22.9 Å². The number of amides is 1. The summed E-state index contributed by atoms with van der Waals surface area (Å²) in [5.41, 5.74) is 3.18. The lowest BCUT2D eigenvalue weighted by atomic mass is 9.95. The van der Waals surface area contributed by atoms with Gasteiger partial charge in [-0.3, -0.25) is 9.69 Å². The molecule has 3 aromatic heterocycles. The molecular formula is C26H26ClN5O2S. The summed E-state index contributed by atoms with van der Waals surface area (Å²) in [5, 5.41) is 13.6. The average Bonchev–Trinajstić information content (AvgIpc) is 3.61. The number of hydrogen-bond donors (Lipinski definition) is 3. The number of rotatable bonds is 7. The minimum Gasteiger partial charge on any atom is -0.395 e. The highest BCUT2D eigenvalue weighted by molar-refractivity contribution is 7.19. The summed E-state index contributed by atoms with van der Waals surface area (Å²) in [6, 6.07) is 14.0. The van der Waals surface area contributed by atoms with Crippen molar-refractivity contribution in [2.75, 3.05) is 18.5 Å². The molecule has 180 valence electrons. The summed E-state index contributed by atoms with van der Waals surface area (Å²) in [6.45, 7) is 2.47. The SMILES string of the molecule is CC(=O)Nc1cc(-c2cc(C(c3ccc(Cl)cc3)N3CCC[C@H]3CO)c(-c3ncc[nH]3)s2)ccn1. The number of nitrogens with one attached hydrogen (secondary N) is 2. The number of aliphatic hydroxyl groups is 1. The number of benzene rings is 1. The average molecular weight is 508 g/mol. The van der Waals surface area contributed by atoms with Gasteiger partial charge >= 0.3 is 0 Å². The van der Waals surface area contributed by atoms with E-state index in [1.165, 1.54) is 6.92 Å². The Morgan fingerprint density at radius 2 is 2.09 bits per heavy atom. The van der Waals surface area contributed by atoms with Gasteiger partial charge in [0.1, 0.15) is 11.6 Å². The fraction of sp³-hybridized carbons (Fsp3) is 0.269. The molecule has 5 rings (SSSR count). The fourth-order valence-electron chi connectivity index (χ4n) is 4.75. The molecule has 2 atom stereocenters. The summed E-state index contributed by atoms with van der Waals surface area (Å²) >= 11 is 7.87. The maximum atomic E-state index is 11.6. The quantitative estimate of drug-likeness (QED) is 0.313. The van der Waals surface area contributed by atoms with E-state index in [1.54, 1.807) is 23.7 Å². The topological polar surface area (TPSA) is 94.1 Å². The third-order valence-corrected chi connectivity index (χ3v) is 7.73. The van der Waals surface area contributed by atoms with E-state index in [0.29, 0.717) is 10.8 Å². The van der Waals surface area contributed by atoms with Crippen LogP contribution in [0.25, 0.3) is 21.1 Å². The Hall–Kier alpha value is -3.04. The van der Waals surface area contributed by atoms with Crippen LogP contribution in [0.4, 0.5) is 5.82 Å². The first kappa shape index (κ1) is 23.7. The number of carbonyl (C=O) groups excluding carboxylic acids is 1. The molecule has 1 amide bonds. The summed E-state index contributed by atoms with van der Waals surface area (Å²) in [4.78, 5) is 28.1. The van der Waals surface area contributed by atoms with E-state index in [-0.39, 0.29) is 24.6 Å². The molecule has 7 nitrogen and oxygen atoms in total. The van der Waals surface area contributed by atoms with Gasteiger partial charge in [-0.05, 0) is 66.4 Å². The Labute approximate surface area is 212 Å². The molecule has 4 aromatic rings. The van der Waals surface area contributed by atoms with Crippen molar-refractivity contribution in [3.63, 3.8) is 0 Å². The molecule has 0 bridgehead atoms. The third kappa shape index (κ3) is 5.01. The van der Waals surface area contributed by atoms with Gasteiger partial charge in [-0.25, -0.2) is 9.97 Å². The zero-order chi connectivity index (χ0) is 24.4. The fourth-order valence-corrected chi connectivity index (χ4v) is 6.02. The minimum atomic E-state index is -0.162. The lowest BCUT2D eigenvalue weighted by molar-refractivity contribution is -0.114. The zero-order valence-corrected chi connectivity index (χ0v) is 20.8. The molecule has 3 N–H and O–H groups in total. The summed E-state index contributed by atoms with van der Waals surface area (Å²) in [5.74, 6) is 1.15. The van der Waals surface area contributed by atoms with Crippen molar-refractivity contribution in [2.45, 2.75) is 31.8 Å². The Morgan fingerprint density at radius 3 is 2.80 bits per heavy atom. The van der Waals surface area contributed by atoms with Crippen LogP contribution in [0.1, 0.15) is 36.9 Å². The van der Waals surface area contributed by atoms with Crippen molar-refractivity contribution in [1.82, 2.24) is 19.9 Å². The van der Waals surface area contributed by atoms with Gasteiger partial charge in [-0.15, -0.1) is 11.3 Å². The highest BCUT2D eigenvalue weighted by Gasteiger charge is 2.35. The first-order valence-corrected chi connectivity index (χ1v) is 12.7. The molecule has 0 radical (unpaired) electrons. The number of thiophene rings is 1. The van der Waals surface area contributed by atoms with E-state index in [1.807, 2.05) is 30.5 Å². The van der Waals surface area contributed by atoms with Crippen LogP contribution in [0.15, 0.2) is 61.1 Å². The number of likely N-dealkylation sites (tertiary alicyclic amines) is 1. The number of H-pyrrole nitrogens is 1. The molecule has 1 unspecified atom stereocenters. The van der Waals surface area contributed by atoms with Crippen LogP contribution in [-0.2, 0) is 4.79 Å². The number of aromatic amines is 1. The monoisotopic (exact) mass is 507 g/mol. The molecule has 0 aliphatic carbocycles. The molecule has 1 aliphatic rings. The number of anilines is 1. The van der Waals surface area contributed by atoms with Gasteiger partial charge in [0.05, 0.1) is 17.5 Å². The molecule has 0 saturated carbocycles. The molecule has 1 aromatic carbocycles. The smallest absolute Gasteiger partial charge is 0.222 e. The molecule has 35 heavy (non-hydrogen) atoms. The normalized spacial score (nSPS) is 16.9. The van der Waals surface area contributed by atoms with Gasteiger partial charge < -0.3 is 15.4 Å². The van der Waals surface area contributed by atoms with Crippen molar-refractivity contribution in [3.8, 4) is 21.1 Å². The van der Waals surface area contributed by atoms with Crippen LogP contribution in [0.5, 0.6) is 0 Å². The Morgan fingerprint density at radius 1 is 1.26 bits per heavy atom. The van der Waals surface area contributed by atoms with E-state index in [2.05, 4.69) is 43.4 Å². The summed E-state index contributed by atoms with van der Waals surface area (Å²) < 4.78 is 0. The molecular weight excluding hydrogens is 482 g/mol. The van der Waals surface area contributed by atoms with E-state index < -0.39 is 0 Å². The number of nitrogens with zero attached hydrogens (tertiary/aromatic N) is 3. The zero-order valence-electron chi connectivity index (χ0n) is 19.2. The van der Waals surface area contributed by atoms with Crippen molar-refractivity contribution in [2.24, 2.45) is 0 Å². The number of aromatic nitrogens is 3. The van der Waals surface area contributed by atoms with Gasteiger partial charge in [-0.1, -0.05) is 23.7 Å². The van der Waals surface area contributed by atoms with E-state index in [4.69, 9.17) is 11.6 Å². The first-order chi connectivity index (χ1) is 17.0. The van der Waals surface area contributed by atoms with Crippen LogP contribution in [-0.4, -0.2) is 50.1 Å². The second-order valence-corrected chi connectivity index (χ2v) is 10.1. The summed E-state index contributed by atoms with van der Waals surface area (Å²) in [6.07, 6.45) is 7.27.